The zero-order valence-electron chi connectivity index (χ0n) is 14.1. The Balaban J connectivity index is 3.80. The number of methoxy groups -OCH3 is 2. The van der Waals surface area contributed by atoms with Crippen LogP contribution in [0.1, 0.15) is 37.7 Å². The number of hydrogen-bond donors (Lipinski definition) is 0. The van der Waals surface area contributed by atoms with E-state index in [0.717, 1.165) is 14.2 Å². The molecule has 0 spiro atoms. The summed E-state index contributed by atoms with van der Waals surface area (Å²) in [4.78, 5) is 29.2. The van der Waals surface area contributed by atoms with E-state index in [-0.39, 0.29) is 23.2 Å². The zero-order valence-corrected chi connectivity index (χ0v) is 14.1. The van der Waals surface area contributed by atoms with Gasteiger partial charge in [-0.2, -0.15) is 13.2 Å². The molecule has 134 valence electrons. The molecule has 1 rings (SSSR count). The summed E-state index contributed by atoms with van der Waals surface area (Å²) in [6.07, 6.45) is -4.84. The molecule has 0 saturated carbocycles. The Bertz CT molecular complexity index is 643. The number of carbonyl (C=O) groups is 2. The summed E-state index contributed by atoms with van der Waals surface area (Å²) in [7, 11) is 5.51. The normalized spacial score (nSPS) is 11.5. The number of nitrogens with zero attached hydrogens (tertiary/aromatic N) is 2. The molecule has 0 saturated heterocycles. The van der Waals surface area contributed by atoms with Crippen molar-refractivity contribution in [3.05, 3.63) is 28.1 Å². The maximum atomic E-state index is 13.3. The van der Waals surface area contributed by atoms with Crippen molar-refractivity contribution in [3.63, 3.8) is 0 Å². The SMILES string of the molecule is COC(=O)c1c(C)nc(C(F)(F)F)c(C(=O)OC)c1CCN(C)C. The van der Waals surface area contributed by atoms with Gasteiger partial charge in [0.1, 0.15) is 0 Å². The number of carbonyl (C=O) groups excluding carboxylic acids is 2. The molecular weight excluding hydrogens is 329 g/mol. The highest BCUT2D eigenvalue weighted by molar-refractivity contribution is 5.99. The largest absolute Gasteiger partial charge is 0.465 e. The molecule has 0 aliphatic heterocycles. The Kier molecular flexibility index (Phi) is 6.30. The van der Waals surface area contributed by atoms with E-state index in [1.165, 1.54) is 6.92 Å². The average molecular weight is 348 g/mol. The van der Waals surface area contributed by atoms with Crippen LogP contribution < -0.4 is 0 Å². The highest BCUT2D eigenvalue weighted by atomic mass is 19.4. The molecular formula is C15H19F3N2O4. The lowest BCUT2D eigenvalue weighted by atomic mass is 9.95. The average Bonchev–Trinajstić information content (AvgIpc) is 2.49. The van der Waals surface area contributed by atoms with Crippen molar-refractivity contribution in [2.75, 3.05) is 34.9 Å². The minimum Gasteiger partial charge on any atom is -0.465 e. The quantitative estimate of drug-likeness (QED) is 0.759. The number of hydrogen-bond acceptors (Lipinski definition) is 6. The molecule has 0 aliphatic rings. The maximum Gasteiger partial charge on any atom is 0.434 e. The van der Waals surface area contributed by atoms with Gasteiger partial charge in [0.05, 0.1) is 31.0 Å². The number of ether oxygens (including phenoxy) is 2. The molecule has 0 radical (unpaired) electrons. The highest BCUT2D eigenvalue weighted by Crippen LogP contribution is 2.35. The van der Waals surface area contributed by atoms with E-state index in [0.29, 0.717) is 6.54 Å². The number of halogens is 3. The molecule has 0 aliphatic carbocycles. The fourth-order valence-corrected chi connectivity index (χ4v) is 2.25. The second kappa shape index (κ2) is 7.61. The monoisotopic (exact) mass is 348 g/mol. The topological polar surface area (TPSA) is 68.7 Å². The molecule has 9 heteroatoms. The van der Waals surface area contributed by atoms with Gasteiger partial charge in [0, 0.05) is 6.54 Å². The summed E-state index contributed by atoms with van der Waals surface area (Å²) in [5.74, 6) is -2.05. The van der Waals surface area contributed by atoms with Crippen LogP contribution in [0.15, 0.2) is 0 Å². The predicted octanol–water partition coefficient (Wildman–Crippen LogP) is 2.09. The van der Waals surface area contributed by atoms with Crippen molar-refractivity contribution >= 4 is 11.9 Å². The maximum absolute atomic E-state index is 13.3. The van der Waals surface area contributed by atoms with Crippen LogP contribution in [-0.4, -0.2) is 56.7 Å². The van der Waals surface area contributed by atoms with Crippen molar-refractivity contribution in [2.45, 2.75) is 19.5 Å². The standard InChI is InChI=1S/C15H19F3N2O4/c1-8-10(13(21)23-4)9(6-7-20(2)3)11(14(22)24-5)12(19-8)15(16,17)18/h6-7H2,1-5H3. The van der Waals surface area contributed by atoms with E-state index < -0.39 is 29.4 Å². The van der Waals surface area contributed by atoms with Crippen LogP contribution in [0.5, 0.6) is 0 Å². The van der Waals surface area contributed by atoms with Gasteiger partial charge in [-0.25, -0.2) is 14.6 Å². The van der Waals surface area contributed by atoms with Crippen LogP contribution in [0.4, 0.5) is 13.2 Å². The number of aryl methyl sites for hydroxylation is 1. The molecule has 0 N–H and O–H groups in total. The van der Waals surface area contributed by atoms with Gasteiger partial charge >= 0.3 is 18.1 Å². The van der Waals surface area contributed by atoms with Crippen LogP contribution in [0.3, 0.4) is 0 Å². The van der Waals surface area contributed by atoms with E-state index in [2.05, 4.69) is 14.5 Å². The van der Waals surface area contributed by atoms with Crippen LogP contribution in [0, 0.1) is 6.92 Å². The molecule has 0 aromatic carbocycles. The summed E-state index contributed by atoms with van der Waals surface area (Å²) in [5.41, 5.74) is -2.50. The third-order valence-corrected chi connectivity index (χ3v) is 3.34. The molecule has 1 aromatic heterocycles. The van der Waals surface area contributed by atoms with E-state index in [1.54, 1.807) is 19.0 Å². The number of rotatable bonds is 5. The number of likely N-dealkylation sites (N-methyl/N-ethyl adjacent to an activating group) is 1. The molecule has 0 amide bonds. The lowest BCUT2D eigenvalue weighted by Gasteiger charge is -2.20. The third kappa shape index (κ3) is 4.22. The van der Waals surface area contributed by atoms with E-state index >= 15 is 0 Å². The van der Waals surface area contributed by atoms with Crippen molar-refractivity contribution in [1.82, 2.24) is 9.88 Å². The van der Waals surface area contributed by atoms with Gasteiger partial charge in [-0.15, -0.1) is 0 Å². The van der Waals surface area contributed by atoms with Gasteiger partial charge in [-0.3, -0.25) is 0 Å². The minimum atomic E-state index is -4.87. The lowest BCUT2D eigenvalue weighted by molar-refractivity contribution is -0.141. The Labute approximate surface area is 137 Å². The fourth-order valence-electron chi connectivity index (χ4n) is 2.25. The van der Waals surface area contributed by atoms with Gasteiger partial charge in [-0.1, -0.05) is 0 Å². The highest BCUT2D eigenvalue weighted by Gasteiger charge is 2.41. The first-order valence-electron chi connectivity index (χ1n) is 6.96. The van der Waals surface area contributed by atoms with Crippen LogP contribution in [0.25, 0.3) is 0 Å². The lowest BCUT2D eigenvalue weighted by Crippen LogP contribution is -2.26. The number of aromatic nitrogens is 1. The Morgan fingerprint density at radius 3 is 2.00 bits per heavy atom. The van der Waals surface area contributed by atoms with Gasteiger partial charge in [-0.05, 0) is 33.0 Å². The number of alkyl halides is 3. The number of pyridine rings is 1. The smallest absolute Gasteiger partial charge is 0.434 e. The summed E-state index contributed by atoms with van der Waals surface area (Å²) >= 11 is 0. The van der Waals surface area contributed by atoms with E-state index in [1.807, 2.05) is 0 Å². The number of esters is 2. The van der Waals surface area contributed by atoms with Crippen molar-refractivity contribution < 1.29 is 32.2 Å². The molecule has 6 nitrogen and oxygen atoms in total. The zero-order chi connectivity index (χ0) is 18.7. The minimum absolute atomic E-state index is 0.0221. The van der Waals surface area contributed by atoms with Crippen molar-refractivity contribution in [1.29, 1.82) is 0 Å². The summed E-state index contributed by atoms with van der Waals surface area (Å²) < 4.78 is 49.1. The van der Waals surface area contributed by atoms with Gasteiger partial charge in [0.25, 0.3) is 0 Å². The van der Waals surface area contributed by atoms with Gasteiger partial charge < -0.3 is 14.4 Å². The summed E-state index contributed by atoms with van der Waals surface area (Å²) in [5, 5.41) is 0. The Morgan fingerprint density at radius 1 is 1.08 bits per heavy atom. The first-order valence-corrected chi connectivity index (χ1v) is 6.96. The van der Waals surface area contributed by atoms with Gasteiger partial charge in [0.15, 0.2) is 5.69 Å². The van der Waals surface area contributed by atoms with Gasteiger partial charge in [0.2, 0.25) is 0 Å². The Hall–Kier alpha value is -2.16. The molecule has 0 atom stereocenters. The Morgan fingerprint density at radius 2 is 1.58 bits per heavy atom. The van der Waals surface area contributed by atoms with E-state index in [9.17, 15) is 22.8 Å². The second-order valence-corrected chi connectivity index (χ2v) is 5.31. The van der Waals surface area contributed by atoms with Crippen molar-refractivity contribution in [3.8, 4) is 0 Å². The summed E-state index contributed by atoms with van der Waals surface area (Å²) in [6.45, 7) is 1.58. The predicted molar refractivity (Wildman–Crippen MR) is 78.9 cm³/mol. The molecule has 1 heterocycles. The molecule has 1 aromatic rings. The summed E-state index contributed by atoms with van der Waals surface area (Å²) in [6, 6.07) is 0. The van der Waals surface area contributed by atoms with Crippen LogP contribution in [-0.2, 0) is 22.1 Å². The first-order chi connectivity index (χ1) is 11.0. The fraction of sp³-hybridized carbons (Fsp3) is 0.533. The third-order valence-electron chi connectivity index (χ3n) is 3.34. The van der Waals surface area contributed by atoms with Crippen LogP contribution in [0.2, 0.25) is 0 Å². The molecule has 0 bridgehead atoms. The first kappa shape index (κ1) is 19.9. The molecule has 0 unspecified atom stereocenters. The molecule has 24 heavy (non-hydrogen) atoms. The van der Waals surface area contributed by atoms with Crippen molar-refractivity contribution in [2.24, 2.45) is 0 Å². The second-order valence-electron chi connectivity index (χ2n) is 5.31. The van der Waals surface area contributed by atoms with E-state index in [4.69, 9.17) is 0 Å². The molecule has 0 fully saturated rings. The van der Waals surface area contributed by atoms with Crippen LogP contribution >= 0.6 is 0 Å².